The van der Waals surface area contributed by atoms with Gasteiger partial charge >= 0.3 is 5.97 Å². The number of nitrogens with zero attached hydrogens (tertiary/aromatic N) is 1. The quantitative estimate of drug-likeness (QED) is 0.294. The van der Waals surface area contributed by atoms with Gasteiger partial charge < -0.3 is 14.0 Å². The summed E-state index contributed by atoms with van der Waals surface area (Å²) in [5.74, 6) is 0.445. The largest absolute Gasteiger partial charge is 0.497 e. The Morgan fingerprint density at radius 1 is 1.03 bits per heavy atom. The summed E-state index contributed by atoms with van der Waals surface area (Å²) in [6.45, 7) is 2.64. The summed E-state index contributed by atoms with van der Waals surface area (Å²) in [6, 6.07) is 23.5. The fourth-order valence-corrected chi connectivity index (χ4v) is 4.75. The molecule has 0 N–H and O–H groups in total. The molecular weight excluding hydrogens is 430 g/mol. The van der Waals surface area contributed by atoms with Crippen LogP contribution in [0, 0.1) is 0 Å². The fourth-order valence-electron chi connectivity index (χ4n) is 3.49. The first-order valence-electron chi connectivity index (χ1n) is 9.95. The van der Waals surface area contributed by atoms with Crippen LogP contribution < -0.4 is 4.74 Å². The molecule has 4 rings (SSSR count). The van der Waals surface area contributed by atoms with Gasteiger partial charge in [-0.2, -0.15) is 0 Å². The lowest BCUT2D eigenvalue weighted by molar-refractivity contribution is 0.0510. The molecule has 1 heterocycles. The molecule has 6 heteroatoms. The van der Waals surface area contributed by atoms with Crippen molar-refractivity contribution < 1.29 is 14.3 Å². The maximum atomic E-state index is 13.1. The van der Waals surface area contributed by atoms with E-state index in [1.807, 2.05) is 84.3 Å². The van der Waals surface area contributed by atoms with Crippen LogP contribution >= 0.6 is 23.4 Å². The van der Waals surface area contributed by atoms with Gasteiger partial charge in [0.1, 0.15) is 11.4 Å². The van der Waals surface area contributed by atoms with E-state index in [4.69, 9.17) is 21.1 Å². The zero-order chi connectivity index (χ0) is 21.8. The SMILES string of the molecule is CCOC(=O)c1c(Sc2ccccc2)c2cc(Cl)ccc2n1Cc1ccc(OC)cc1. The Labute approximate surface area is 190 Å². The van der Waals surface area contributed by atoms with Crippen molar-refractivity contribution in [2.45, 2.75) is 23.3 Å². The van der Waals surface area contributed by atoms with Crippen LogP contribution in [0.4, 0.5) is 0 Å². The molecule has 0 unspecified atom stereocenters. The molecule has 0 bridgehead atoms. The molecule has 4 nitrogen and oxygen atoms in total. The van der Waals surface area contributed by atoms with Crippen LogP contribution in [0.5, 0.6) is 5.75 Å². The summed E-state index contributed by atoms with van der Waals surface area (Å²) in [7, 11) is 1.64. The van der Waals surface area contributed by atoms with E-state index in [1.165, 1.54) is 0 Å². The number of carbonyl (C=O) groups excluding carboxylic acids is 1. The highest BCUT2D eigenvalue weighted by Gasteiger charge is 2.25. The molecule has 3 aromatic carbocycles. The Hall–Kier alpha value is -2.89. The molecule has 0 radical (unpaired) electrons. The molecule has 0 spiro atoms. The van der Waals surface area contributed by atoms with Crippen molar-refractivity contribution in [1.82, 2.24) is 4.57 Å². The highest BCUT2D eigenvalue weighted by Crippen LogP contribution is 2.40. The van der Waals surface area contributed by atoms with Gasteiger partial charge in [0, 0.05) is 21.8 Å². The molecule has 0 saturated carbocycles. The fraction of sp³-hybridized carbons (Fsp3) is 0.160. The first-order valence-corrected chi connectivity index (χ1v) is 11.1. The van der Waals surface area contributed by atoms with E-state index in [1.54, 1.807) is 18.9 Å². The average molecular weight is 452 g/mol. The molecule has 1 aromatic heterocycles. The minimum absolute atomic E-state index is 0.305. The Kier molecular flexibility index (Phi) is 6.54. The van der Waals surface area contributed by atoms with Gasteiger partial charge in [-0.25, -0.2) is 4.79 Å². The van der Waals surface area contributed by atoms with Crippen LogP contribution in [0.25, 0.3) is 10.9 Å². The Balaban J connectivity index is 1.90. The third kappa shape index (κ3) is 4.58. The zero-order valence-electron chi connectivity index (χ0n) is 17.3. The van der Waals surface area contributed by atoms with Gasteiger partial charge in [-0.3, -0.25) is 0 Å². The summed E-state index contributed by atoms with van der Waals surface area (Å²) in [5.41, 5.74) is 2.51. The average Bonchev–Trinajstić information content (AvgIpc) is 3.07. The van der Waals surface area contributed by atoms with Crippen molar-refractivity contribution >= 4 is 40.2 Å². The molecular formula is C25H22ClNO3S. The van der Waals surface area contributed by atoms with Crippen molar-refractivity contribution in [3.8, 4) is 5.75 Å². The van der Waals surface area contributed by atoms with Crippen LogP contribution in [-0.2, 0) is 11.3 Å². The first kappa shape index (κ1) is 21.3. The molecule has 158 valence electrons. The van der Waals surface area contributed by atoms with Gasteiger partial charge in [-0.1, -0.05) is 53.7 Å². The number of hydrogen-bond donors (Lipinski definition) is 0. The Bertz CT molecular complexity index is 1200. The molecule has 0 aliphatic rings. The van der Waals surface area contributed by atoms with E-state index < -0.39 is 0 Å². The highest BCUT2D eigenvalue weighted by atomic mass is 35.5. The van der Waals surface area contributed by atoms with Crippen molar-refractivity contribution in [3.05, 3.63) is 89.1 Å². The number of ether oxygens (including phenoxy) is 2. The Morgan fingerprint density at radius 2 is 1.77 bits per heavy atom. The van der Waals surface area contributed by atoms with Gasteiger partial charge in [0.25, 0.3) is 0 Å². The molecule has 0 amide bonds. The van der Waals surface area contributed by atoms with E-state index in [-0.39, 0.29) is 5.97 Å². The standard InChI is InChI=1S/C25H22ClNO3S/c1-3-30-25(28)23-24(31-20-7-5-4-6-8-20)21-15-18(26)11-14-22(21)27(23)16-17-9-12-19(29-2)13-10-17/h4-15H,3,16H2,1-2H3. The summed E-state index contributed by atoms with van der Waals surface area (Å²) >= 11 is 7.88. The second-order valence-corrected chi connectivity index (χ2v) is 8.43. The van der Waals surface area contributed by atoms with E-state index in [2.05, 4.69) is 0 Å². The van der Waals surface area contributed by atoms with Crippen molar-refractivity contribution in [1.29, 1.82) is 0 Å². The smallest absolute Gasteiger partial charge is 0.356 e. The van der Waals surface area contributed by atoms with Crippen molar-refractivity contribution in [2.24, 2.45) is 0 Å². The van der Waals surface area contributed by atoms with Crippen LogP contribution in [0.15, 0.2) is 82.6 Å². The van der Waals surface area contributed by atoms with E-state index in [0.717, 1.165) is 32.0 Å². The normalized spacial score (nSPS) is 10.9. The second-order valence-electron chi connectivity index (χ2n) is 6.91. The van der Waals surface area contributed by atoms with Gasteiger partial charge in [-0.15, -0.1) is 0 Å². The number of benzene rings is 3. The number of methoxy groups -OCH3 is 1. The minimum atomic E-state index is -0.346. The molecule has 4 aromatic rings. The molecule has 0 aliphatic heterocycles. The molecule has 0 fully saturated rings. The number of fused-ring (bicyclic) bond motifs is 1. The lowest BCUT2D eigenvalue weighted by Gasteiger charge is -2.12. The topological polar surface area (TPSA) is 40.5 Å². The number of aromatic nitrogens is 1. The maximum Gasteiger partial charge on any atom is 0.356 e. The predicted molar refractivity (Wildman–Crippen MR) is 126 cm³/mol. The van der Waals surface area contributed by atoms with Crippen molar-refractivity contribution in [3.63, 3.8) is 0 Å². The monoisotopic (exact) mass is 451 g/mol. The molecule has 0 atom stereocenters. The van der Waals surface area contributed by atoms with E-state index in [9.17, 15) is 4.79 Å². The maximum absolute atomic E-state index is 13.1. The number of rotatable bonds is 7. The number of carbonyl (C=O) groups is 1. The minimum Gasteiger partial charge on any atom is -0.497 e. The van der Waals surface area contributed by atoms with Crippen molar-refractivity contribution in [2.75, 3.05) is 13.7 Å². The molecule has 0 saturated heterocycles. The predicted octanol–water partition coefficient (Wildman–Crippen LogP) is 6.68. The molecule has 31 heavy (non-hydrogen) atoms. The van der Waals surface area contributed by atoms with Gasteiger partial charge in [-0.05, 0) is 55.0 Å². The van der Waals surface area contributed by atoms with Crippen LogP contribution in [0.3, 0.4) is 0 Å². The van der Waals surface area contributed by atoms with Crippen LogP contribution in [0.2, 0.25) is 5.02 Å². The number of halogens is 1. The summed E-state index contributed by atoms with van der Waals surface area (Å²) in [6.07, 6.45) is 0. The van der Waals surface area contributed by atoms with E-state index >= 15 is 0 Å². The lowest BCUT2D eigenvalue weighted by Crippen LogP contribution is -2.14. The second kappa shape index (κ2) is 9.50. The van der Waals surface area contributed by atoms with Crippen LogP contribution in [-0.4, -0.2) is 24.3 Å². The Morgan fingerprint density at radius 3 is 2.45 bits per heavy atom. The highest BCUT2D eigenvalue weighted by molar-refractivity contribution is 7.99. The molecule has 0 aliphatic carbocycles. The van der Waals surface area contributed by atoms with E-state index in [0.29, 0.717) is 23.9 Å². The third-order valence-electron chi connectivity index (χ3n) is 4.91. The number of hydrogen-bond acceptors (Lipinski definition) is 4. The third-order valence-corrected chi connectivity index (χ3v) is 6.27. The first-order chi connectivity index (χ1) is 15.1. The summed E-state index contributed by atoms with van der Waals surface area (Å²) in [4.78, 5) is 15.0. The summed E-state index contributed by atoms with van der Waals surface area (Å²) < 4.78 is 12.7. The van der Waals surface area contributed by atoms with Gasteiger partial charge in [0.15, 0.2) is 0 Å². The lowest BCUT2D eigenvalue weighted by atomic mass is 10.2. The number of esters is 1. The summed E-state index contributed by atoms with van der Waals surface area (Å²) in [5, 5.41) is 1.55. The van der Waals surface area contributed by atoms with Gasteiger partial charge in [0.05, 0.1) is 24.1 Å². The van der Waals surface area contributed by atoms with Crippen LogP contribution in [0.1, 0.15) is 23.0 Å². The zero-order valence-corrected chi connectivity index (χ0v) is 18.9. The van der Waals surface area contributed by atoms with Gasteiger partial charge in [0.2, 0.25) is 0 Å².